The smallest absolute Gasteiger partial charge is 0.311 e. The van der Waals surface area contributed by atoms with Crippen LogP contribution >= 0.6 is 22.9 Å². The summed E-state index contributed by atoms with van der Waals surface area (Å²) >= 11 is 7.42. The van der Waals surface area contributed by atoms with E-state index in [1.165, 1.54) is 24.5 Å². The molecule has 9 heteroatoms. The van der Waals surface area contributed by atoms with Gasteiger partial charge in [0, 0.05) is 17.4 Å². The Morgan fingerprint density at radius 2 is 2.16 bits per heavy atom. The van der Waals surface area contributed by atoms with Gasteiger partial charge in [-0.25, -0.2) is 4.98 Å². The van der Waals surface area contributed by atoms with Crippen LogP contribution in [-0.2, 0) is 16.0 Å². The lowest BCUT2D eigenvalue weighted by molar-refractivity contribution is -0.139. The molecule has 1 aromatic heterocycles. The third-order valence-corrected chi connectivity index (χ3v) is 4.48. The Hall–Kier alpha value is -2.32. The first-order valence-electron chi connectivity index (χ1n) is 7.48. The molecule has 0 aliphatic carbocycles. The first-order chi connectivity index (χ1) is 12.1. The number of ether oxygens (including phenoxy) is 3. The van der Waals surface area contributed by atoms with Crippen molar-refractivity contribution in [3.8, 4) is 11.5 Å². The molecule has 0 spiro atoms. The monoisotopic (exact) mass is 382 g/mol. The number of carbonyl (C=O) groups excluding carboxylic acids is 2. The number of benzene rings is 1. The fraction of sp³-hybridized carbons (Fsp3) is 0.312. The fourth-order valence-electron chi connectivity index (χ4n) is 2.20. The lowest BCUT2D eigenvalue weighted by atomic mass is 10.2. The molecule has 0 bridgehead atoms. The Morgan fingerprint density at radius 3 is 2.96 bits per heavy atom. The molecule has 3 rings (SSSR count). The summed E-state index contributed by atoms with van der Waals surface area (Å²) in [4.78, 5) is 27.9. The second-order valence-corrected chi connectivity index (χ2v) is 6.45. The summed E-state index contributed by atoms with van der Waals surface area (Å²) in [5, 5.41) is 5.07. The quantitative estimate of drug-likeness (QED) is 0.818. The molecule has 1 aromatic carbocycles. The fourth-order valence-corrected chi connectivity index (χ4v) is 3.17. The van der Waals surface area contributed by atoms with Crippen molar-refractivity contribution in [2.45, 2.75) is 12.8 Å². The highest BCUT2D eigenvalue weighted by molar-refractivity contribution is 7.14. The summed E-state index contributed by atoms with van der Waals surface area (Å²) in [6.45, 7) is 1.01. The third-order valence-electron chi connectivity index (χ3n) is 3.39. The Bertz CT molecular complexity index is 808. The van der Waals surface area contributed by atoms with Gasteiger partial charge in [-0.3, -0.25) is 14.9 Å². The zero-order valence-corrected chi connectivity index (χ0v) is 14.9. The number of nitrogens with one attached hydrogen (secondary N) is 1. The predicted octanol–water partition coefficient (Wildman–Crippen LogP) is 2.93. The molecule has 2 aromatic rings. The van der Waals surface area contributed by atoms with Gasteiger partial charge >= 0.3 is 5.97 Å². The molecule has 7 nitrogen and oxygen atoms in total. The van der Waals surface area contributed by atoms with Crippen molar-refractivity contribution >= 4 is 39.9 Å². The molecule has 1 amide bonds. The molecule has 0 atom stereocenters. The van der Waals surface area contributed by atoms with Crippen molar-refractivity contribution in [1.29, 1.82) is 0 Å². The number of anilines is 1. The van der Waals surface area contributed by atoms with Gasteiger partial charge in [0.15, 0.2) is 16.6 Å². The van der Waals surface area contributed by atoms with Gasteiger partial charge in [-0.15, -0.1) is 11.3 Å². The minimum atomic E-state index is -0.391. The van der Waals surface area contributed by atoms with Crippen molar-refractivity contribution in [3.63, 3.8) is 0 Å². The SMILES string of the molecule is COC(=O)Cc1csc(NC(=O)c2cc(Cl)c3c(c2)OCCCO3)n1. The van der Waals surface area contributed by atoms with E-state index in [9.17, 15) is 9.59 Å². The number of thiazole rings is 1. The molecular weight excluding hydrogens is 368 g/mol. The Labute approximate surface area is 152 Å². The van der Waals surface area contributed by atoms with E-state index in [1.807, 2.05) is 0 Å². The minimum Gasteiger partial charge on any atom is -0.489 e. The third kappa shape index (κ3) is 4.21. The van der Waals surface area contributed by atoms with E-state index in [2.05, 4.69) is 15.0 Å². The molecule has 0 saturated carbocycles. The van der Waals surface area contributed by atoms with E-state index in [1.54, 1.807) is 11.4 Å². The van der Waals surface area contributed by atoms with E-state index in [-0.39, 0.29) is 12.3 Å². The number of carbonyl (C=O) groups is 2. The Morgan fingerprint density at radius 1 is 1.36 bits per heavy atom. The van der Waals surface area contributed by atoms with Gasteiger partial charge in [-0.05, 0) is 12.1 Å². The number of esters is 1. The summed E-state index contributed by atoms with van der Waals surface area (Å²) in [6, 6.07) is 3.11. The minimum absolute atomic E-state index is 0.0543. The van der Waals surface area contributed by atoms with Crippen molar-refractivity contribution in [1.82, 2.24) is 4.98 Å². The molecule has 0 fully saturated rings. The maximum atomic E-state index is 12.4. The molecule has 0 saturated heterocycles. The zero-order chi connectivity index (χ0) is 17.8. The Balaban J connectivity index is 1.74. The van der Waals surface area contributed by atoms with Gasteiger partial charge < -0.3 is 14.2 Å². The lowest BCUT2D eigenvalue weighted by Gasteiger charge is -2.11. The second kappa shape index (κ2) is 7.71. The number of methoxy groups -OCH3 is 1. The average molecular weight is 383 g/mol. The van der Waals surface area contributed by atoms with E-state index in [4.69, 9.17) is 21.1 Å². The van der Waals surface area contributed by atoms with E-state index in [0.29, 0.717) is 46.1 Å². The van der Waals surface area contributed by atoms with Gasteiger partial charge in [-0.1, -0.05) is 11.6 Å². The highest BCUT2D eigenvalue weighted by atomic mass is 35.5. The van der Waals surface area contributed by atoms with Crippen LogP contribution in [0.15, 0.2) is 17.5 Å². The molecule has 25 heavy (non-hydrogen) atoms. The van der Waals surface area contributed by atoms with Gasteiger partial charge in [0.2, 0.25) is 0 Å². The first-order valence-corrected chi connectivity index (χ1v) is 8.74. The number of hydrogen-bond acceptors (Lipinski definition) is 7. The van der Waals surface area contributed by atoms with Crippen LogP contribution in [-0.4, -0.2) is 37.2 Å². The maximum Gasteiger partial charge on any atom is 0.311 e. The van der Waals surface area contributed by atoms with E-state index >= 15 is 0 Å². The molecular formula is C16H15ClN2O5S. The molecule has 0 radical (unpaired) electrons. The van der Waals surface area contributed by atoms with Gasteiger partial charge in [-0.2, -0.15) is 0 Å². The second-order valence-electron chi connectivity index (χ2n) is 5.19. The highest BCUT2D eigenvalue weighted by Gasteiger charge is 2.19. The van der Waals surface area contributed by atoms with Crippen LogP contribution in [0, 0.1) is 0 Å². The van der Waals surface area contributed by atoms with Crippen LogP contribution in [0.4, 0.5) is 5.13 Å². The maximum absolute atomic E-state index is 12.4. The topological polar surface area (TPSA) is 86.8 Å². The number of nitrogens with zero attached hydrogens (tertiary/aromatic N) is 1. The summed E-state index contributed by atoms with van der Waals surface area (Å²) in [5.74, 6) is 0.125. The number of hydrogen-bond donors (Lipinski definition) is 1. The molecule has 132 valence electrons. The molecule has 0 unspecified atom stereocenters. The van der Waals surface area contributed by atoms with Crippen molar-refractivity contribution in [2.75, 3.05) is 25.6 Å². The van der Waals surface area contributed by atoms with Crippen LogP contribution in [0.1, 0.15) is 22.5 Å². The van der Waals surface area contributed by atoms with Crippen LogP contribution in [0.25, 0.3) is 0 Å². The summed E-state index contributed by atoms with van der Waals surface area (Å²) in [5.41, 5.74) is 0.864. The largest absolute Gasteiger partial charge is 0.489 e. The predicted molar refractivity (Wildman–Crippen MR) is 92.8 cm³/mol. The summed E-state index contributed by atoms with van der Waals surface area (Å²) in [7, 11) is 1.31. The van der Waals surface area contributed by atoms with Gasteiger partial charge in [0.05, 0.1) is 37.5 Å². The number of fused-ring (bicyclic) bond motifs is 1. The lowest BCUT2D eigenvalue weighted by Crippen LogP contribution is -2.12. The van der Waals surface area contributed by atoms with Crippen molar-refractivity contribution in [3.05, 3.63) is 33.8 Å². The molecule has 2 heterocycles. The number of aromatic nitrogens is 1. The standard InChI is InChI=1S/C16H15ClN2O5S/c1-22-13(20)7-10-8-25-16(18-10)19-15(21)9-5-11(17)14-12(6-9)23-3-2-4-24-14/h5-6,8H,2-4,7H2,1H3,(H,18,19,21). The zero-order valence-electron chi connectivity index (χ0n) is 13.3. The number of amides is 1. The highest BCUT2D eigenvalue weighted by Crippen LogP contribution is 2.38. The molecule has 1 N–H and O–H groups in total. The van der Waals surface area contributed by atoms with Crippen molar-refractivity contribution < 1.29 is 23.8 Å². The van der Waals surface area contributed by atoms with Crippen molar-refractivity contribution in [2.24, 2.45) is 0 Å². The molecule has 1 aliphatic heterocycles. The van der Waals surface area contributed by atoms with Gasteiger partial charge in [0.25, 0.3) is 5.91 Å². The van der Waals surface area contributed by atoms with E-state index in [0.717, 1.165) is 6.42 Å². The Kier molecular flexibility index (Phi) is 5.40. The summed E-state index contributed by atoms with van der Waals surface area (Å²) < 4.78 is 15.7. The normalized spacial score (nSPS) is 13.0. The number of rotatable bonds is 4. The van der Waals surface area contributed by atoms with Crippen LogP contribution in [0.3, 0.4) is 0 Å². The summed E-state index contributed by atoms with van der Waals surface area (Å²) in [6.07, 6.45) is 0.799. The van der Waals surface area contributed by atoms with Gasteiger partial charge in [0.1, 0.15) is 0 Å². The van der Waals surface area contributed by atoms with Crippen LogP contribution in [0.2, 0.25) is 5.02 Å². The first kappa shape index (κ1) is 17.5. The van der Waals surface area contributed by atoms with Crippen LogP contribution in [0.5, 0.6) is 11.5 Å². The number of halogens is 1. The average Bonchev–Trinajstić information content (AvgIpc) is 2.88. The van der Waals surface area contributed by atoms with Crippen LogP contribution < -0.4 is 14.8 Å². The molecule has 1 aliphatic rings. The van der Waals surface area contributed by atoms with E-state index < -0.39 is 5.97 Å².